The van der Waals surface area contributed by atoms with Gasteiger partial charge in [-0.3, -0.25) is 9.78 Å². The molecular weight excluding hydrogens is 450 g/mol. The number of sulfonamides is 1. The number of nitrogens with zero attached hydrogens (tertiary/aromatic N) is 4. The van der Waals surface area contributed by atoms with Crippen LogP contribution < -0.4 is 4.72 Å². The third-order valence-electron chi connectivity index (χ3n) is 5.27. The number of para-hydroxylation sites is 1. The van der Waals surface area contributed by atoms with Crippen LogP contribution in [-0.4, -0.2) is 47.6 Å². The van der Waals surface area contributed by atoms with Gasteiger partial charge in [0.2, 0.25) is 15.9 Å². The van der Waals surface area contributed by atoms with Gasteiger partial charge < -0.3 is 4.90 Å². The van der Waals surface area contributed by atoms with E-state index in [1.54, 1.807) is 22.7 Å². The Morgan fingerprint density at radius 2 is 1.71 bits per heavy atom. The summed E-state index contributed by atoms with van der Waals surface area (Å²) in [6.07, 6.45) is 4.73. The summed E-state index contributed by atoms with van der Waals surface area (Å²) in [5.41, 5.74) is 3.56. The van der Waals surface area contributed by atoms with E-state index in [-0.39, 0.29) is 23.8 Å². The van der Waals surface area contributed by atoms with Gasteiger partial charge in [0.1, 0.15) is 4.90 Å². The minimum Gasteiger partial charge on any atom is -0.341 e. The van der Waals surface area contributed by atoms with E-state index in [4.69, 9.17) is 5.10 Å². The zero-order valence-corrected chi connectivity index (χ0v) is 19.5. The zero-order chi connectivity index (χ0) is 24.0. The molecule has 0 aliphatic carbocycles. The summed E-state index contributed by atoms with van der Waals surface area (Å²) in [5, 5.41) is 4.77. The van der Waals surface area contributed by atoms with Crippen molar-refractivity contribution < 1.29 is 13.2 Å². The first-order valence-corrected chi connectivity index (χ1v) is 12.3. The summed E-state index contributed by atoms with van der Waals surface area (Å²) in [7, 11) is -2.01. The number of benzene rings is 2. The predicted molar refractivity (Wildman–Crippen MR) is 130 cm³/mol. The Morgan fingerprint density at radius 1 is 1.00 bits per heavy atom. The van der Waals surface area contributed by atoms with Crippen molar-refractivity contribution in [1.82, 2.24) is 24.4 Å². The molecule has 0 fully saturated rings. The summed E-state index contributed by atoms with van der Waals surface area (Å²) in [6, 6.07) is 22.6. The molecule has 2 heterocycles. The lowest BCUT2D eigenvalue weighted by Gasteiger charge is -2.17. The lowest BCUT2D eigenvalue weighted by Crippen LogP contribution is -2.32. The van der Waals surface area contributed by atoms with Gasteiger partial charge in [0.15, 0.2) is 0 Å². The average molecular weight is 476 g/mol. The number of hydrogen-bond acceptors (Lipinski definition) is 5. The quantitative estimate of drug-likeness (QED) is 0.401. The fourth-order valence-corrected chi connectivity index (χ4v) is 4.49. The van der Waals surface area contributed by atoms with Crippen LogP contribution in [0, 0.1) is 0 Å². The van der Waals surface area contributed by atoms with Crippen LogP contribution in [0.2, 0.25) is 0 Å². The topological polar surface area (TPSA) is 97.2 Å². The second-order valence-electron chi connectivity index (χ2n) is 7.74. The van der Waals surface area contributed by atoms with Crippen molar-refractivity contribution in [2.75, 3.05) is 13.6 Å². The van der Waals surface area contributed by atoms with Gasteiger partial charge >= 0.3 is 0 Å². The standard InChI is InChI=1S/C25H25N5O3S/c1-29(24(31)14-16-27-34(32,33)23-13-8-15-26-17-23)18-21-19-30(22-11-6-3-7-12-22)28-25(21)20-9-4-2-5-10-20/h2-13,15,17,19,27H,14,16,18H2,1H3. The van der Waals surface area contributed by atoms with Crippen LogP contribution in [0.5, 0.6) is 0 Å². The Morgan fingerprint density at radius 3 is 2.38 bits per heavy atom. The lowest BCUT2D eigenvalue weighted by atomic mass is 10.1. The van der Waals surface area contributed by atoms with E-state index >= 15 is 0 Å². The molecule has 1 N–H and O–H groups in total. The predicted octanol–water partition coefficient (Wildman–Crippen LogP) is 3.26. The van der Waals surface area contributed by atoms with Crippen LogP contribution in [0.4, 0.5) is 0 Å². The molecule has 4 aromatic rings. The molecule has 2 aromatic carbocycles. The van der Waals surface area contributed by atoms with Crippen LogP contribution in [0.15, 0.2) is 96.3 Å². The molecule has 0 bridgehead atoms. The molecule has 34 heavy (non-hydrogen) atoms. The largest absolute Gasteiger partial charge is 0.341 e. The van der Waals surface area contributed by atoms with E-state index in [1.807, 2.05) is 66.9 Å². The first-order valence-electron chi connectivity index (χ1n) is 10.8. The molecule has 0 saturated carbocycles. The Labute approximate surface area is 198 Å². The maximum Gasteiger partial charge on any atom is 0.242 e. The van der Waals surface area contributed by atoms with Gasteiger partial charge in [0.05, 0.1) is 11.4 Å². The van der Waals surface area contributed by atoms with Crippen molar-refractivity contribution in [2.24, 2.45) is 0 Å². The van der Waals surface area contributed by atoms with Gasteiger partial charge in [-0.1, -0.05) is 48.5 Å². The minimum atomic E-state index is -3.71. The number of carbonyl (C=O) groups is 1. The number of nitrogens with one attached hydrogen (secondary N) is 1. The molecule has 9 heteroatoms. The van der Waals surface area contributed by atoms with Gasteiger partial charge in [0, 0.05) is 56.3 Å². The molecule has 0 spiro atoms. The molecule has 1 amide bonds. The van der Waals surface area contributed by atoms with Crippen LogP contribution in [-0.2, 0) is 21.4 Å². The van der Waals surface area contributed by atoms with Crippen molar-refractivity contribution in [3.05, 3.63) is 97.0 Å². The molecule has 4 rings (SSSR count). The highest BCUT2D eigenvalue weighted by Crippen LogP contribution is 2.24. The smallest absolute Gasteiger partial charge is 0.242 e. The number of pyridine rings is 1. The molecule has 0 aliphatic rings. The number of carbonyl (C=O) groups excluding carboxylic acids is 1. The fraction of sp³-hybridized carbons (Fsp3) is 0.160. The fourth-order valence-electron chi connectivity index (χ4n) is 3.49. The van der Waals surface area contributed by atoms with Crippen molar-refractivity contribution in [3.63, 3.8) is 0 Å². The van der Waals surface area contributed by atoms with E-state index in [0.29, 0.717) is 6.54 Å². The highest BCUT2D eigenvalue weighted by molar-refractivity contribution is 7.89. The number of amides is 1. The van der Waals surface area contributed by atoms with Crippen molar-refractivity contribution in [3.8, 4) is 16.9 Å². The SMILES string of the molecule is CN(Cc1cn(-c2ccccc2)nc1-c1ccccc1)C(=O)CCNS(=O)(=O)c1cccnc1. The Bertz CT molecular complexity index is 1340. The summed E-state index contributed by atoms with van der Waals surface area (Å²) in [6.45, 7) is 0.334. The first kappa shape index (κ1) is 23.3. The molecule has 0 atom stereocenters. The summed E-state index contributed by atoms with van der Waals surface area (Å²) in [4.78, 5) is 18.2. The third-order valence-corrected chi connectivity index (χ3v) is 6.71. The van der Waals surface area contributed by atoms with Crippen LogP contribution >= 0.6 is 0 Å². The molecular formula is C25H25N5O3S. The number of aromatic nitrogens is 3. The molecule has 8 nitrogen and oxygen atoms in total. The molecule has 0 saturated heterocycles. The van der Waals surface area contributed by atoms with E-state index in [2.05, 4.69) is 9.71 Å². The molecule has 0 aliphatic heterocycles. The summed E-state index contributed by atoms with van der Waals surface area (Å²) >= 11 is 0. The van der Waals surface area contributed by atoms with Gasteiger partial charge in [-0.2, -0.15) is 5.10 Å². The van der Waals surface area contributed by atoms with E-state index in [9.17, 15) is 13.2 Å². The first-order chi connectivity index (χ1) is 16.4. The molecule has 0 unspecified atom stereocenters. The van der Waals surface area contributed by atoms with E-state index in [0.717, 1.165) is 22.5 Å². The summed E-state index contributed by atoms with van der Waals surface area (Å²) in [5.74, 6) is -0.180. The Balaban J connectivity index is 1.46. The van der Waals surface area contributed by atoms with Crippen molar-refractivity contribution in [2.45, 2.75) is 17.9 Å². The highest BCUT2D eigenvalue weighted by Gasteiger charge is 2.18. The normalized spacial score (nSPS) is 11.3. The van der Waals surface area contributed by atoms with Crippen LogP contribution in [0.25, 0.3) is 16.9 Å². The zero-order valence-electron chi connectivity index (χ0n) is 18.7. The van der Waals surface area contributed by atoms with Gasteiger partial charge in [0.25, 0.3) is 0 Å². The second kappa shape index (κ2) is 10.4. The Kier molecular flexibility index (Phi) is 7.15. The maximum absolute atomic E-state index is 12.7. The number of hydrogen-bond donors (Lipinski definition) is 1. The molecule has 0 radical (unpaired) electrons. The van der Waals surface area contributed by atoms with Crippen LogP contribution in [0.1, 0.15) is 12.0 Å². The maximum atomic E-state index is 12.7. The van der Waals surface area contributed by atoms with E-state index < -0.39 is 10.0 Å². The third kappa shape index (κ3) is 5.56. The highest BCUT2D eigenvalue weighted by atomic mass is 32.2. The van der Waals surface area contributed by atoms with E-state index in [1.165, 1.54) is 18.5 Å². The van der Waals surface area contributed by atoms with Gasteiger partial charge in [-0.05, 0) is 24.3 Å². The molecule has 174 valence electrons. The monoisotopic (exact) mass is 475 g/mol. The van der Waals surface area contributed by atoms with Gasteiger partial charge in [-0.25, -0.2) is 17.8 Å². The summed E-state index contributed by atoms with van der Waals surface area (Å²) < 4.78 is 28.9. The molecule has 2 aromatic heterocycles. The Hall–Kier alpha value is -3.82. The minimum absolute atomic E-state index is 0.00474. The van der Waals surface area contributed by atoms with Crippen molar-refractivity contribution in [1.29, 1.82) is 0 Å². The van der Waals surface area contributed by atoms with Crippen molar-refractivity contribution >= 4 is 15.9 Å². The van der Waals surface area contributed by atoms with Gasteiger partial charge in [-0.15, -0.1) is 0 Å². The second-order valence-corrected chi connectivity index (χ2v) is 9.50. The number of rotatable bonds is 9. The average Bonchev–Trinajstić information content (AvgIpc) is 3.29. The van der Waals surface area contributed by atoms with Crippen LogP contribution in [0.3, 0.4) is 0 Å². The lowest BCUT2D eigenvalue weighted by molar-refractivity contribution is -0.130.